The average molecular weight is 378 g/mol. The van der Waals surface area contributed by atoms with Crippen LogP contribution in [0.1, 0.15) is 19.8 Å². The highest BCUT2D eigenvalue weighted by Crippen LogP contribution is 2.29. The monoisotopic (exact) mass is 377 g/mol. The molecule has 2 heterocycles. The minimum absolute atomic E-state index is 0.0137. The van der Waals surface area contributed by atoms with Crippen LogP contribution >= 0.6 is 23.2 Å². The number of carbonyl (C=O) groups excluding carboxylic acids is 1. The van der Waals surface area contributed by atoms with Gasteiger partial charge in [0.2, 0.25) is 5.91 Å². The maximum atomic E-state index is 13.0. The summed E-state index contributed by atoms with van der Waals surface area (Å²) in [6.45, 7) is 4.21. The summed E-state index contributed by atoms with van der Waals surface area (Å²) in [7, 11) is 0. The summed E-state index contributed by atoms with van der Waals surface area (Å²) < 4.78 is 0. The van der Waals surface area contributed by atoms with Crippen LogP contribution in [-0.2, 0) is 4.79 Å². The van der Waals surface area contributed by atoms with E-state index in [2.05, 4.69) is 9.88 Å². The third-order valence-corrected chi connectivity index (χ3v) is 5.15. The summed E-state index contributed by atoms with van der Waals surface area (Å²) >= 11 is 12.2. The van der Waals surface area contributed by atoms with Crippen molar-refractivity contribution in [3.05, 3.63) is 52.6 Å². The zero-order valence-electron chi connectivity index (χ0n) is 14.2. The lowest BCUT2D eigenvalue weighted by Gasteiger charge is -2.34. The lowest BCUT2D eigenvalue weighted by molar-refractivity contribution is -0.122. The predicted molar refractivity (Wildman–Crippen MR) is 104 cm³/mol. The van der Waals surface area contributed by atoms with E-state index in [9.17, 15) is 4.79 Å². The highest BCUT2D eigenvalue weighted by atomic mass is 35.5. The third kappa shape index (κ3) is 4.07. The van der Waals surface area contributed by atoms with Crippen molar-refractivity contribution in [2.75, 3.05) is 29.4 Å². The summed E-state index contributed by atoms with van der Waals surface area (Å²) in [6, 6.07) is 11.3. The zero-order chi connectivity index (χ0) is 17.8. The first-order valence-electron chi connectivity index (χ1n) is 8.52. The molecule has 0 spiro atoms. The highest BCUT2D eigenvalue weighted by molar-refractivity contribution is 6.33. The molecule has 0 unspecified atom stereocenters. The SMILES string of the molecule is CCN(C(=O)C1CCN(c2ccc(Cl)cn2)CC1)c1ccccc1Cl. The fourth-order valence-electron chi connectivity index (χ4n) is 3.25. The van der Waals surface area contributed by atoms with Gasteiger partial charge in [0.25, 0.3) is 0 Å². The maximum Gasteiger partial charge on any atom is 0.230 e. The van der Waals surface area contributed by atoms with Crippen LogP contribution in [0.2, 0.25) is 10.0 Å². The molecule has 1 aliphatic rings. The van der Waals surface area contributed by atoms with Crippen LogP contribution in [0.5, 0.6) is 0 Å². The Morgan fingerprint density at radius 1 is 1.20 bits per heavy atom. The predicted octanol–water partition coefficient (Wildman–Crippen LogP) is 4.66. The van der Waals surface area contributed by atoms with Gasteiger partial charge in [-0.3, -0.25) is 4.79 Å². The Labute approximate surface area is 158 Å². The molecule has 1 saturated heterocycles. The van der Waals surface area contributed by atoms with Gasteiger partial charge in [0.15, 0.2) is 0 Å². The molecule has 0 radical (unpaired) electrons. The van der Waals surface area contributed by atoms with Gasteiger partial charge in [-0.2, -0.15) is 0 Å². The maximum absolute atomic E-state index is 13.0. The van der Waals surface area contributed by atoms with E-state index in [1.807, 2.05) is 43.3 Å². The minimum atomic E-state index is 0.0137. The van der Waals surface area contributed by atoms with Crippen molar-refractivity contribution in [1.82, 2.24) is 4.98 Å². The first kappa shape index (κ1) is 18.0. The molecule has 0 saturated carbocycles. The van der Waals surface area contributed by atoms with Gasteiger partial charge in [0.1, 0.15) is 5.82 Å². The quantitative estimate of drug-likeness (QED) is 0.777. The molecule has 25 heavy (non-hydrogen) atoms. The van der Waals surface area contributed by atoms with E-state index >= 15 is 0 Å². The molecule has 6 heteroatoms. The van der Waals surface area contributed by atoms with E-state index in [1.165, 1.54) is 0 Å². The summed E-state index contributed by atoms with van der Waals surface area (Å²) in [6.07, 6.45) is 3.28. The molecule has 0 aliphatic carbocycles. The Hall–Kier alpha value is -1.78. The number of pyridine rings is 1. The largest absolute Gasteiger partial charge is 0.357 e. The minimum Gasteiger partial charge on any atom is -0.357 e. The third-order valence-electron chi connectivity index (χ3n) is 4.61. The number of halogens is 2. The molecule has 2 aromatic rings. The number of anilines is 2. The second-order valence-corrected chi connectivity index (χ2v) is 6.97. The molecule has 132 valence electrons. The van der Waals surface area contributed by atoms with Gasteiger partial charge in [0, 0.05) is 31.7 Å². The summed E-state index contributed by atoms with van der Waals surface area (Å²) in [5.74, 6) is 1.08. The molecule has 0 atom stereocenters. The molecule has 1 fully saturated rings. The zero-order valence-corrected chi connectivity index (χ0v) is 15.7. The standard InChI is InChI=1S/C19H21Cl2N3O/c1-2-24(17-6-4-3-5-16(17)21)19(25)14-9-11-23(12-10-14)18-8-7-15(20)13-22-18/h3-8,13-14H,2,9-12H2,1H3. The topological polar surface area (TPSA) is 36.4 Å². The van der Waals surface area contributed by atoms with Crippen LogP contribution in [0.15, 0.2) is 42.6 Å². The van der Waals surface area contributed by atoms with Crippen LogP contribution in [0, 0.1) is 5.92 Å². The van der Waals surface area contributed by atoms with Gasteiger partial charge in [-0.1, -0.05) is 35.3 Å². The Morgan fingerprint density at radius 3 is 2.52 bits per heavy atom. The fraction of sp³-hybridized carbons (Fsp3) is 0.368. The van der Waals surface area contributed by atoms with Gasteiger partial charge < -0.3 is 9.80 Å². The van der Waals surface area contributed by atoms with Gasteiger partial charge in [-0.05, 0) is 44.0 Å². The molecule has 3 rings (SSSR count). The smallest absolute Gasteiger partial charge is 0.230 e. The molecular formula is C19H21Cl2N3O. The van der Waals surface area contributed by atoms with Crippen LogP contribution in [0.4, 0.5) is 11.5 Å². The summed E-state index contributed by atoms with van der Waals surface area (Å²) in [4.78, 5) is 21.3. The number of hydrogen-bond acceptors (Lipinski definition) is 3. The molecule has 1 aromatic heterocycles. The van der Waals surface area contributed by atoms with E-state index in [1.54, 1.807) is 11.1 Å². The van der Waals surface area contributed by atoms with Crippen molar-refractivity contribution in [1.29, 1.82) is 0 Å². The highest BCUT2D eigenvalue weighted by Gasteiger charge is 2.29. The van der Waals surface area contributed by atoms with Crippen molar-refractivity contribution in [3.8, 4) is 0 Å². The van der Waals surface area contributed by atoms with Crippen molar-refractivity contribution in [2.45, 2.75) is 19.8 Å². The Bertz CT molecular complexity index is 728. The van der Waals surface area contributed by atoms with Crippen LogP contribution in [-0.4, -0.2) is 30.5 Å². The number of para-hydroxylation sites is 1. The number of amides is 1. The first-order chi connectivity index (χ1) is 12.1. The fourth-order valence-corrected chi connectivity index (χ4v) is 3.60. The van der Waals surface area contributed by atoms with Crippen molar-refractivity contribution < 1.29 is 4.79 Å². The lowest BCUT2D eigenvalue weighted by Crippen LogP contribution is -2.43. The second kappa shape index (κ2) is 8.07. The molecule has 4 nitrogen and oxygen atoms in total. The Morgan fingerprint density at radius 2 is 1.92 bits per heavy atom. The molecule has 0 bridgehead atoms. The Balaban J connectivity index is 1.66. The number of nitrogens with zero attached hydrogens (tertiary/aromatic N) is 3. The van der Waals surface area contributed by atoms with Gasteiger partial charge >= 0.3 is 0 Å². The number of carbonyl (C=O) groups is 1. The summed E-state index contributed by atoms with van der Waals surface area (Å²) in [5.41, 5.74) is 0.790. The second-order valence-electron chi connectivity index (χ2n) is 6.13. The molecule has 1 aliphatic heterocycles. The van der Waals surface area contributed by atoms with E-state index in [0.717, 1.165) is 37.4 Å². The van der Waals surface area contributed by atoms with Crippen molar-refractivity contribution >= 4 is 40.6 Å². The van der Waals surface area contributed by atoms with E-state index in [4.69, 9.17) is 23.2 Å². The summed E-state index contributed by atoms with van der Waals surface area (Å²) in [5, 5.41) is 1.24. The number of rotatable bonds is 4. The normalized spacial score (nSPS) is 15.2. The molecule has 1 aromatic carbocycles. The van der Waals surface area contributed by atoms with Crippen molar-refractivity contribution in [3.63, 3.8) is 0 Å². The van der Waals surface area contributed by atoms with Crippen LogP contribution in [0.3, 0.4) is 0 Å². The number of benzene rings is 1. The number of piperidine rings is 1. The van der Waals surface area contributed by atoms with Gasteiger partial charge in [-0.25, -0.2) is 4.98 Å². The first-order valence-corrected chi connectivity index (χ1v) is 9.28. The van der Waals surface area contributed by atoms with Crippen LogP contribution in [0.25, 0.3) is 0 Å². The number of hydrogen-bond donors (Lipinski definition) is 0. The molecular weight excluding hydrogens is 357 g/mol. The van der Waals surface area contributed by atoms with E-state index in [0.29, 0.717) is 16.6 Å². The molecule has 0 N–H and O–H groups in total. The Kier molecular flexibility index (Phi) is 5.82. The van der Waals surface area contributed by atoms with E-state index in [-0.39, 0.29) is 11.8 Å². The van der Waals surface area contributed by atoms with Gasteiger partial charge in [0.05, 0.1) is 15.7 Å². The average Bonchev–Trinajstić information content (AvgIpc) is 2.64. The van der Waals surface area contributed by atoms with Gasteiger partial charge in [-0.15, -0.1) is 0 Å². The molecule has 1 amide bonds. The van der Waals surface area contributed by atoms with Crippen molar-refractivity contribution in [2.24, 2.45) is 5.92 Å². The number of aromatic nitrogens is 1. The van der Waals surface area contributed by atoms with E-state index < -0.39 is 0 Å². The lowest BCUT2D eigenvalue weighted by atomic mass is 9.95. The van der Waals surface area contributed by atoms with Crippen LogP contribution < -0.4 is 9.80 Å².